The van der Waals surface area contributed by atoms with Gasteiger partial charge in [0.1, 0.15) is 11.6 Å². The number of carbonyl (C=O) groups is 2. The van der Waals surface area contributed by atoms with Crippen LogP contribution in [0.15, 0.2) is 24.3 Å². The minimum atomic E-state index is -0.267. The number of carbonyl (C=O) groups excluding carboxylic acids is 2. The highest BCUT2D eigenvalue weighted by Crippen LogP contribution is 2.38. The number of hydrogen-bond acceptors (Lipinski definition) is 2. The summed E-state index contributed by atoms with van der Waals surface area (Å²) in [6.07, 6.45) is 4.09. The molecule has 0 bridgehead atoms. The van der Waals surface area contributed by atoms with Gasteiger partial charge >= 0.3 is 0 Å². The fraction of sp³-hybridized carbons (Fsp3) is 0.500. The summed E-state index contributed by atoms with van der Waals surface area (Å²) in [5, 5.41) is 3.06. The molecule has 3 nitrogen and oxygen atoms in total. The summed E-state index contributed by atoms with van der Waals surface area (Å²) in [6, 6.07) is 6.29. The Morgan fingerprint density at radius 1 is 1.20 bits per heavy atom. The number of Topliss-reactive ketones (excluding diaryl/α,β-unsaturated/α-hetero) is 1. The molecular weight excluding hydrogens is 257 g/mol. The lowest BCUT2D eigenvalue weighted by Gasteiger charge is -2.36. The van der Waals surface area contributed by atoms with Gasteiger partial charge in [0.25, 0.3) is 0 Å². The summed E-state index contributed by atoms with van der Waals surface area (Å²) in [4.78, 5) is 23.1. The highest BCUT2D eigenvalue weighted by atomic mass is 19.1. The highest BCUT2D eigenvalue weighted by molar-refractivity contribution is 5.96. The summed E-state index contributed by atoms with van der Waals surface area (Å²) in [5.74, 6) is 0.126. The molecule has 20 heavy (non-hydrogen) atoms. The first-order valence-corrected chi connectivity index (χ1v) is 7.21. The third kappa shape index (κ3) is 2.60. The zero-order valence-corrected chi connectivity index (χ0v) is 11.3. The zero-order chi connectivity index (χ0) is 14.1. The third-order valence-corrected chi connectivity index (χ3v) is 4.47. The maximum Gasteiger partial charge on any atom is 0.224 e. The van der Waals surface area contributed by atoms with Gasteiger partial charge in [-0.1, -0.05) is 18.6 Å². The summed E-state index contributed by atoms with van der Waals surface area (Å²) in [6.45, 7) is 0. The Kier molecular flexibility index (Phi) is 3.55. The lowest BCUT2D eigenvalue weighted by molar-refractivity contribution is -0.138. The molecule has 2 aliphatic rings. The molecule has 2 saturated carbocycles. The van der Waals surface area contributed by atoms with Gasteiger partial charge in [-0.15, -0.1) is 0 Å². The van der Waals surface area contributed by atoms with Gasteiger partial charge in [0, 0.05) is 12.8 Å². The van der Waals surface area contributed by atoms with Crippen molar-refractivity contribution in [3.63, 3.8) is 0 Å². The molecule has 1 atom stereocenters. The van der Waals surface area contributed by atoms with E-state index >= 15 is 0 Å². The number of hydrogen-bond donors (Lipinski definition) is 1. The number of rotatable bonds is 4. The van der Waals surface area contributed by atoms with E-state index < -0.39 is 0 Å². The van der Waals surface area contributed by atoms with Crippen LogP contribution in [0.5, 0.6) is 0 Å². The minimum Gasteiger partial charge on any atom is -0.349 e. The molecule has 2 fully saturated rings. The summed E-state index contributed by atoms with van der Waals surface area (Å²) >= 11 is 0. The van der Waals surface area contributed by atoms with Crippen LogP contribution < -0.4 is 5.32 Å². The molecule has 1 amide bonds. The average Bonchev–Trinajstić information content (AvgIpc) is 2.33. The molecule has 1 aromatic carbocycles. The summed E-state index contributed by atoms with van der Waals surface area (Å²) in [7, 11) is 0. The molecule has 0 spiro atoms. The maximum atomic E-state index is 13.0. The van der Waals surface area contributed by atoms with Crippen molar-refractivity contribution in [3.05, 3.63) is 35.6 Å². The number of ketones is 1. The van der Waals surface area contributed by atoms with E-state index in [2.05, 4.69) is 5.32 Å². The average molecular weight is 275 g/mol. The van der Waals surface area contributed by atoms with Crippen LogP contribution in [0.4, 0.5) is 4.39 Å². The number of nitrogens with one attached hydrogen (secondary N) is 1. The van der Waals surface area contributed by atoms with Gasteiger partial charge in [0.05, 0.1) is 12.0 Å². The molecule has 1 aromatic rings. The molecule has 0 aromatic heterocycles. The Bertz CT molecular complexity index is 514. The van der Waals surface area contributed by atoms with E-state index in [1.54, 1.807) is 12.1 Å². The van der Waals surface area contributed by atoms with Gasteiger partial charge in [-0.3, -0.25) is 9.59 Å². The van der Waals surface area contributed by atoms with Crippen molar-refractivity contribution in [3.8, 4) is 0 Å². The predicted octanol–water partition coefficient (Wildman–Crippen LogP) is 2.76. The van der Waals surface area contributed by atoms with E-state index in [-0.39, 0.29) is 29.5 Å². The normalized spacial score (nSPS) is 20.9. The van der Waals surface area contributed by atoms with Crippen molar-refractivity contribution in [2.75, 3.05) is 0 Å². The van der Waals surface area contributed by atoms with Crippen LogP contribution >= 0.6 is 0 Å². The van der Waals surface area contributed by atoms with Crippen molar-refractivity contribution < 1.29 is 14.0 Å². The number of halogens is 1. The molecule has 0 heterocycles. The zero-order valence-electron chi connectivity index (χ0n) is 11.3. The van der Waals surface area contributed by atoms with E-state index in [9.17, 15) is 14.0 Å². The van der Waals surface area contributed by atoms with Crippen LogP contribution in [0.2, 0.25) is 0 Å². The SMILES string of the molecule is O=C1CC(C(=O)NC(c2ccc(F)cc2)C2CCC2)C1. The first kappa shape index (κ1) is 13.3. The lowest BCUT2D eigenvalue weighted by atomic mass is 9.76. The van der Waals surface area contributed by atoms with Gasteiger partial charge < -0.3 is 5.32 Å². The number of benzene rings is 1. The van der Waals surface area contributed by atoms with Crippen LogP contribution in [-0.4, -0.2) is 11.7 Å². The molecule has 106 valence electrons. The van der Waals surface area contributed by atoms with Gasteiger partial charge in [-0.2, -0.15) is 0 Å². The van der Waals surface area contributed by atoms with E-state index in [0.29, 0.717) is 18.8 Å². The van der Waals surface area contributed by atoms with Crippen molar-refractivity contribution in [2.45, 2.75) is 38.1 Å². The second-order valence-electron chi connectivity index (χ2n) is 5.87. The van der Waals surface area contributed by atoms with Gasteiger partial charge in [-0.05, 0) is 36.5 Å². The lowest BCUT2D eigenvalue weighted by Crippen LogP contribution is -2.43. The molecule has 0 aliphatic heterocycles. The van der Waals surface area contributed by atoms with Crippen LogP contribution in [-0.2, 0) is 9.59 Å². The second-order valence-corrected chi connectivity index (χ2v) is 5.87. The van der Waals surface area contributed by atoms with Crippen molar-refractivity contribution >= 4 is 11.7 Å². The summed E-state index contributed by atoms with van der Waals surface area (Å²) < 4.78 is 13.0. The minimum absolute atomic E-state index is 0.0363. The quantitative estimate of drug-likeness (QED) is 0.918. The van der Waals surface area contributed by atoms with E-state index in [4.69, 9.17) is 0 Å². The molecule has 3 rings (SSSR count). The molecule has 2 aliphatic carbocycles. The van der Waals surface area contributed by atoms with Crippen LogP contribution in [0.3, 0.4) is 0 Å². The van der Waals surface area contributed by atoms with E-state index in [1.807, 2.05) is 0 Å². The summed E-state index contributed by atoms with van der Waals surface area (Å²) in [5.41, 5.74) is 0.954. The topological polar surface area (TPSA) is 46.2 Å². The largest absolute Gasteiger partial charge is 0.349 e. The Morgan fingerprint density at radius 2 is 1.85 bits per heavy atom. The maximum absolute atomic E-state index is 13.0. The molecule has 4 heteroatoms. The Morgan fingerprint density at radius 3 is 2.35 bits per heavy atom. The first-order chi connectivity index (χ1) is 9.63. The number of amides is 1. The highest BCUT2D eigenvalue weighted by Gasteiger charge is 2.36. The Labute approximate surface area is 117 Å². The third-order valence-electron chi connectivity index (χ3n) is 4.47. The molecular formula is C16H18FNO2. The molecule has 1 unspecified atom stereocenters. The van der Waals surface area contributed by atoms with Gasteiger partial charge in [-0.25, -0.2) is 4.39 Å². The Balaban J connectivity index is 1.71. The van der Waals surface area contributed by atoms with Crippen molar-refractivity contribution in [2.24, 2.45) is 11.8 Å². The molecule has 0 radical (unpaired) electrons. The van der Waals surface area contributed by atoms with Crippen molar-refractivity contribution in [1.82, 2.24) is 5.32 Å². The standard InChI is InChI=1S/C16H18FNO2/c17-13-6-4-11(5-7-13)15(10-2-1-3-10)18-16(20)12-8-14(19)9-12/h4-7,10,12,15H,1-3,8-9H2,(H,18,20). The van der Waals surface area contributed by atoms with Gasteiger partial charge in [0.2, 0.25) is 5.91 Å². The van der Waals surface area contributed by atoms with Crippen LogP contribution in [0.25, 0.3) is 0 Å². The van der Waals surface area contributed by atoms with Crippen LogP contribution in [0.1, 0.15) is 43.7 Å². The van der Waals surface area contributed by atoms with E-state index in [1.165, 1.54) is 18.6 Å². The monoisotopic (exact) mass is 275 g/mol. The smallest absolute Gasteiger partial charge is 0.224 e. The Hall–Kier alpha value is -1.71. The van der Waals surface area contributed by atoms with Crippen LogP contribution in [0, 0.1) is 17.7 Å². The second kappa shape index (κ2) is 5.35. The van der Waals surface area contributed by atoms with Gasteiger partial charge in [0.15, 0.2) is 0 Å². The predicted molar refractivity (Wildman–Crippen MR) is 72.4 cm³/mol. The molecule has 1 N–H and O–H groups in total. The first-order valence-electron chi connectivity index (χ1n) is 7.21. The fourth-order valence-electron chi connectivity index (χ4n) is 2.86. The van der Waals surface area contributed by atoms with E-state index in [0.717, 1.165) is 18.4 Å². The molecule has 0 saturated heterocycles. The fourth-order valence-corrected chi connectivity index (χ4v) is 2.86. The van der Waals surface area contributed by atoms with Crippen molar-refractivity contribution in [1.29, 1.82) is 0 Å².